The monoisotopic (exact) mass is 427 g/mol. The molecule has 0 saturated carbocycles. The number of nitrogens with zero attached hydrogens (tertiary/aromatic N) is 2. The van der Waals surface area contributed by atoms with E-state index in [4.69, 9.17) is 15.2 Å². The highest BCUT2D eigenvalue weighted by Crippen LogP contribution is 2.42. The molecule has 0 aliphatic carbocycles. The number of nitrogens with two attached hydrogens (primary N) is 1. The van der Waals surface area contributed by atoms with Gasteiger partial charge in [0.15, 0.2) is 5.01 Å². The van der Waals surface area contributed by atoms with E-state index in [0.29, 0.717) is 42.3 Å². The molecule has 156 valence electrons. The molecular weight excluding hydrogens is 406 g/mol. The van der Waals surface area contributed by atoms with Gasteiger partial charge in [0.1, 0.15) is 5.75 Å². The molecule has 0 bridgehead atoms. The first kappa shape index (κ1) is 20.3. The zero-order valence-corrected chi connectivity index (χ0v) is 17.4. The summed E-state index contributed by atoms with van der Waals surface area (Å²) in [5.41, 5.74) is 5.67. The minimum Gasteiger partial charge on any atom is -0.492 e. The number of carbonyl (C=O) groups excluding carboxylic acids is 2. The average Bonchev–Trinajstić information content (AvgIpc) is 3.24. The summed E-state index contributed by atoms with van der Waals surface area (Å²) in [6.45, 7) is 1.25. The van der Waals surface area contributed by atoms with Crippen LogP contribution in [0.25, 0.3) is 11.3 Å². The van der Waals surface area contributed by atoms with Gasteiger partial charge in [-0.1, -0.05) is 11.8 Å². The highest BCUT2D eigenvalue weighted by atomic mass is 32.1. The van der Waals surface area contributed by atoms with E-state index in [2.05, 4.69) is 16.8 Å². The van der Waals surface area contributed by atoms with E-state index in [-0.39, 0.29) is 17.3 Å². The lowest BCUT2D eigenvalue weighted by Gasteiger charge is -2.13. The third-order valence-electron chi connectivity index (χ3n) is 5.20. The fourth-order valence-corrected chi connectivity index (χ4v) is 4.56. The summed E-state index contributed by atoms with van der Waals surface area (Å²) in [4.78, 5) is 30.6. The van der Waals surface area contributed by atoms with E-state index < -0.39 is 17.4 Å². The minimum atomic E-state index is -1.67. The molecule has 2 aliphatic heterocycles. The predicted molar refractivity (Wildman–Crippen MR) is 110 cm³/mol. The smallest absolute Gasteiger partial charge is 0.277 e. The van der Waals surface area contributed by atoms with Crippen molar-refractivity contribution in [3.05, 3.63) is 33.6 Å². The lowest BCUT2D eigenvalue weighted by Crippen LogP contribution is -2.37. The second kappa shape index (κ2) is 7.72. The molecule has 0 unspecified atom stereocenters. The maximum atomic E-state index is 12.1. The van der Waals surface area contributed by atoms with E-state index in [1.807, 2.05) is 0 Å². The van der Waals surface area contributed by atoms with E-state index in [9.17, 15) is 14.7 Å². The molecule has 0 spiro atoms. The van der Waals surface area contributed by atoms with Crippen molar-refractivity contribution < 1.29 is 24.2 Å². The quantitative estimate of drug-likeness (QED) is 0.706. The number of aromatic nitrogens is 1. The Kier molecular flexibility index (Phi) is 5.24. The van der Waals surface area contributed by atoms with Gasteiger partial charge in [0.25, 0.3) is 11.8 Å². The van der Waals surface area contributed by atoms with Gasteiger partial charge in [-0.25, -0.2) is 4.98 Å². The summed E-state index contributed by atoms with van der Waals surface area (Å²) in [6.07, 6.45) is 0.264. The molecule has 2 aliphatic rings. The van der Waals surface area contributed by atoms with E-state index in [1.54, 1.807) is 32.4 Å². The molecule has 30 heavy (non-hydrogen) atoms. The molecule has 1 fully saturated rings. The predicted octanol–water partition coefficient (Wildman–Crippen LogP) is 0.976. The molecule has 2 aromatic rings. The second-order valence-electron chi connectivity index (χ2n) is 7.36. The fraction of sp³-hybridized carbons (Fsp3) is 0.381. The summed E-state index contributed by atoms with van der Waals surface area (Å²) in [5.74, 6) is 5.14. The number of amides is 2. The Morgan fingerprint density at radius 2 is 2.33 bits per heavy atom. The van der Waals surface area contributed by atoms with Crippen LogP contribution in [-0.2, 0) is 9.53 Å². The van der Waals surface area contributed by atoms with E-state index in [0.717, 1.165) is 4.88 Å². The van der Waals surface area contributed by atoms with Gasteiger partial charge in [-0.3, -0.25) is 9.59 Å². The van der Waals surface area contributed by atoms with Crippen molar-refractivity contribution in [2.24, 2.45) is 5.73 Å². The number of methoxy groups -OCH3 is 1. The number of hydrogen-bond donors (Lipinski definition) is 2. The Morgan fingerprint density at radius 1 is 1.53 bits per heavy atom. The average molecular weight is 427 g/mol. The van der Waals surface area contributed by atoms with Crippen molar-refractivity contribution in [3.63, 3.8) is 0 Å². The van der Waals surface area contributed by atoms with Crippen LogP contribution in [0.4, 0.5) is 0 Å². The number of hydrogen-bond acceptors (Lipinski definition) is 7. The molecule has 2 amide bonds. The van der Waals surface area contributed by atoms with Crippen molar-refractivity contribution in [3.8, 4) is 28.8 Å². The Hall–Kier alpha value is -2.93. The van der Waals surface area contributed by atoms with Gasteiger partial charge in [-0.15, -0.1) is 11.3 Å². The van der Waals surface area contributed by atoms with E-state index in [1.165, 1.54) is 16.2 Å². The molecule has 4 rings (SSSR count). The third-order valence-corrected chi connectivity index (χ3v) is 6.43. The summed E-state index contributed by atoms with van der Waals surface area (Å²) in [5, 5.41) is 10.7. The molecule has 3 heterocycles. The maximum absolute atomic E-state index is 12.1. The lowest BCUT2D eigenvalue weighted by atomic mass is 10.0. The Balaban J connectivity index is 1.76. The largest absolute Gasteiger partial charge is 0.492 e. The molecule has 3 N–H and O–H groups in total. The molecule has 9 heteroatoms. The zero-order chi connectivity index (χ0) is 21.5. The van der Waals surface area contributed by atoms with Crippen molar-refractivity contribution in [2.75, 3.05) is 33.9 Å². The molecule has 8 nitrogen and oxygen atoms in total. The highest BCUT2D eigenvalue weighted by molar-refractivity contribution is 7.14. The van der Waals surface area contributed by atoms with Crippen molar-refractivity contribution >= 4 is 23.2 Å². The highest BCUT2D eigenvalue weighted by Gasteiger charge is 2.42. The molecule has 0 radical (unpaired) electrons. The first-order chi connectivity index (χ1) is 14.3. The van der Waals surface area contributed by atoms with Crippen LogP contribution in [0.1, 0.15) is 32.6 Å². The van der Waals surface area contributed by atoms with Crippen molar-refractivity contribution in [2.45, 2.75) is 17.9 Å². The third kappa shape index (κ3) is 3.54. The number of carbonyl (C=O) groups is 2. The number of rotatable bonds is 3. The molecule has 1 aromatic carbocycles. The van der Waals surface area contributed by atoms with Crippen molar-refractivity contribution in [1.82, 2.24) is 9.88 Å². The number of thiazole rings is 1. The number of ether oxygens (including phenoxy) is 2. The standard InChI is InChI=1S/C21H21N3O5S/c1-24-8-7-21(27,20(24)26)6-5-12-3-4-15-14(9-12)16-17(13(10-28-2)11-29-15)30-19(23-16)18(22)25/h3-4,9,13,27H,7-8,10-11H2,1-2H3,(H2,22,25)/t13-,21+/m1/s1. The normalized spacial score (nSPS) is 22.4. The van der Waals surface area contributed by atoms with Gasteiger partial charge >= 0.3 is 0 Å². The van der Waals surface area contributed by atoms with Gasteiger partial charge in [0.2, 0.25) is 5.60 Å². The summed E-state index contributed by atoms with van der Waals surface area (Å²) in [6, 6.07) is 5.32. The first-order valence-electron chi connectivity index (χ1n) is 9.40. The van der Waals surface area contributed by atoms with E-state index >= 15 is 0 Å². The van der Waals surface area contributed by atoms with Crippen LogP contribution in [0.3, 0.4) is 0 Å². The first-order valence-corrected chi connectivity index (χ1v) is 10.2. The molecule has 1 aromatic heterocycles. The summed E-state index contributed by atoms with van der Waals surface area (Å²) < 4.78 is 11.3. The zero-order valence-electron chi connectivity index (χ0n) is 16.6. The van der Waals surface area contributed by atoms with Gasteiger partial charge in [0.05, 0.1) is 24.8 Å². The number of primary amides is 1. The topological polar surface area (TPSA) is 115 Å². The second-order valence-corrected chi connectivity index (χ2v) is 8.39. The number of likely N-dealkylation sites (tertiary alicyclic amines) is 1. The van der Waals surface area contributed by atoms with Crippen LogP contribution >= 0.6 is 11.3 Å². The number of benzene rings is 1. The Bertz CT molecular complexity index is 1090. The van der Waals surface area contributed by atoms with Crippen LogP contribution in [0.5, 0.6) is 5.75 Å². The lowest BCUT2D eigenvalue weighted by molar-refractivity contribution is -0.137. The fourth-order valence-electron chi connectivity index (χ4n) is 3.56. The molecule has 2 atom stereocenters. The Labute approximate surface area is 177 Å². The van der Waals surface area contributed by atoms with Gasteiger partial charge < -0.3 is 25.2 Å². The summed E-state index contributed by atoms with van der Waals surface area (Å²) >= 11 is 1.24. The number of likely N-dealkylation sites (N-methyl/N-ethyl adjacent to an activating group) is 1. The molecular formula is C21H21N3O5S. The van der Waals surface area contributed by atoms with Gasteiger partial charge in [-0.2, -0.15) is 0 Å². The number of fused-ring (bicyclic) bond motifs is 3. The SMILES string of the molecule is COC[C@@H]1COc2ccc(C#C[C@]3(O)CCN(C)C3=O)cc2-c2nc(C(N)=O)sc21. The Morgan fingerprint density at radius 3 is 3.00 bits per heavy atom. The van der Waals surface area contributed by atoms with Gasteiger partial charge in [0, 0.05) is 43.1 Å². The van der Waals surface area contributed by atoms with Crippen molar-refractivity contribution in [1.29, 1.82) is 0 Å². The summed E-state index contributed by atoms with van der Waals surface area (Å²) in [7, 11) is 3.24. The van der Waals surface area contributed by atoms with Crippen LogP contribution in [-0.4, -0.2) is 66.3 Å². The van der Waals surface area contributed by atoms with Gasteiger partial charge in [-0.05, 0) is 18.2 Å². The van der Waals surface area contributed by atoms with Crippen LogP contribution < -0.4 is 10.5 Å². The number of aliphatic hydroxyl groups is 1. The van der Waals surface area contributed by atoms with Crippen LogP contribution in [0.15, 0.2) is 18.2 Å². The molecule has 1 saturated heterocycles. The minimum absolute atomic E-state index is 0.0927. The van der Waals surface area contributed by atoms with Crippen LogP contribution in [0, 0.1) is 11.8 Å². The maximum Gasteiger partial charge on any atom is 0.277 e. The van der Waals surface area contributed by atoms with Crippen LogP contribution in [0.2, 0.25) is 0 Å².